The summed E-state index contributed by atoms with van der Waals surface area (Å²) in [6, 6.07) is 8.99. The molecule has 0 fully saturated rings. The van der Waals surface area contributed by atoms with Gasteiger partial charge in [0.25, 0.3) is 0 Å². The summed E-state index contributed by atoms with van der Waals surface area (Å²) in [5, 5.41) is 6.50. The largest absolute Gasteiger partial charge is 0.292 e. The van der Waals surface area contributed by atoms with Crippen molar-refractivity contribution in [1.29, 1.82) is 0 Å². The number of nitrogens with zero attached hydrogens (tertiary/aromatic N) is 2. The molecule has 0 amide bonds. The van der Waals surface area contributed by atoms with E-state index in [0.29, 0.717) is 6.04 Å². The lowest BCUT2D eigenvalue weighted by atomic mass is 9.98. The molecule has 0 saturated heterocycles. The van der Waals surface area contributed by atoms with Gasteiger partial charge >= 0.3 is 0 Å². The Morgan fingerprint density at radius 3 is 2.57 bits per heavy atom. The van der Waals surface area contributed by atoms with E-state index in [4.69, 9.17) is 0 Å². The van der Waals surface area contributed by atoms with Gasteiger partial charge in [-0.05, 0) is 25.0 Å². The van der Waals surface area contributed by atoms with E-state index in [1.54, 1.807) is 0 Å². The number of rotatable bonds is 1. The zero-order chi connectivity index (χ0) is 10.1. The predicted molar refractivity (Wildman–Crippen MR) is 59.4 cm³/mol. The second kappa shape index (κ2) is 3.45. The maximum Gasteiger partial charge on any atom is 0.0771 e. The second-order valence-corrected chi connectivity index (χ2v) is 3.99. The normalized spacial score (nSPS) is 21.2. The standard InChI is InChI=1S/C12H16N2/c1-9-6-4-5-7-11(9)12-8-10(2)13-14(12)3/h4-7,12H,8H2,1-3H3. The minimum absolute atomic E-state index is 0.441. The van der Waals surface area contributed by atoms with E-state index in [0.717, 1.165) is 6.42 Å². The minimum Gasteiger partial charge on any atom is -0.292 e. The highest BCUT2D eigenvalue weighted by atomic mass is 15.5. The predicted octanol–water partition coefficient (Wildman–Crippen LogP) is 2.75. The zero-order valence-corrected chi connectivity index (χ0v) is 8.99. The van der Waals surface area contributed by atoms with Gasteiger partial charge in [0.15, 0.2) is 0 Å². The molecule has 2 nitrogen and oxygen atoms in total. The quantitative estimate of drug-likeness (QED) is 0.661. The SMILES string of the molecule is CC1=NN(C)C(c2ccccc2C)C1. The molecule has 0 aromatic heterocycles. The van der Waals surface area contributed by atoms with E-state index in [1.807, 2.05) is 7.05 Å². The van der Waals surface area contributed by atoms with Crippen LogP contribution in [0.3, 0.4) is 0 Å². The third kappa shape index (κ3) is 1.52. The van der Waals surface area contributed by atoms with Crippen molar-refractivity contribution in [2.45, 2.75) is 26.3 Å². The van der Waals surface area contributed by atoms with Gasteiger partial charge < -0.3 is 0 Å². The Kier molecular flexibility index (Phi) is 2.28. The first-order chi connectivity index (χ1) is 6.68. The summed E-state index contributed by atoms with van der Waals surface area (Å²) < 4.78 is 0. The first kappa shape index (κ1) is 9.25. The summed E-state index contributed by atoms with van der Waals surface area (Å²) in [6.45, 7) is 4.26. The van der Waals surface area contributed by atoms with Crippen molar-refractivity contribution in [3.63, 3.8) is 0 Å². The van der Waals surface area contributed by atoms with Crippen LogP contribution in [0.4, 0.5) is 0 Å². The van der Waals surface area contributed by atoms with Crippen LogP contribution in [0.2, 0.25) is 0 Å². The summed E-state index contributed by atoms with van der Waals surface area (Å²) in [7, 11) is 2.05. The van der Waals surface area contributed by atoms with Gasteiger partial charge in [-0.15, -0.1) is 0 Å². The van der Waals surface area contributed by atoms with Crippen LogP contribution in [-0.2, 0) is 0 Å². The van der Waals surface area contributed by atoms with Crippen LogP contribution < -0.4 is 0 Å². The molecular weight excluding hydrogens is 172 g/mol. The molecule has 1 aliphatic heterocycles. The lowest BCUT2D eigenvalue weighted by molar-refractivity contribution is 0.289. The van der Waals surface area contributed by atoms with Gasteiger partial charge in [-0.25, -0.2) is 0 Å². The Morgan fingerprint density at radius 1 is 1.29 bits per heavy atom. The number of hydrogen-bond donors (Lipinski definition) is 0. The lowest BCUT2D eigenvalue weighted by Gasteiger charge is -2.20. The topological polar surface area (TPSA) is 15.6 Å². The molecule has 0 spiro atoms. The molecule has 2 heteroatoms. The van der Waals surface area contributed by atoms with Gasteiger partial charge in [-0.2, -0.15) is 5.10 Å². The van der Waals surface area contributed by atoms with E-state index in [9.17, 15) is 0 Å². The molecular formula is C12H16N2. The molecule has 0 bridgehead atoms. The Bertz CT molecular complexity index is 368. The molecule has 0 radical (unpaired) electrons. The van der Waals surface area contributed by atoms with Gasteiger partial charge in [-0.3, -0.25) is 5.01 Å². The Morgan fingerprint density at radius 2 is 2.00 bits per heavy atom. The molecule has 0 saturated carbocycles. The van der Waals surface area contributed by atoms with Crippen LogP contribution in [0.1, 0.15) is 30.5 Å². The maximum absolute atomic E-state index is 4.44. The van der Waals surface area contributed by atoms with Gasteiger partial charge in [0.2, 0.25) is 0 Å². The monoisotopic (exact) mass is 188 g/mol. The first-order valence-electron chi connectivity index (χ1n) is 5.01. The van der Waals surface area contributed by atoms with Crippen molar-refractivity contribution in [3.05, 3.63) is 35.4 Å². The molecule has 1 unspecified atom stereocenters. The van der Waals surface area contributed by atoms with Crippen molar-refractivity contribution in [2.24, 2.45) is 5.10 Å². The molecule has 1 aromatic rings. The fourth-order valence-electron chi connectivity index (χ4n) is 2.06. The van der Waals surface area contributed by atoms with E-state index in [2.05, 4.69) is 48.2 Å². The van der Waals surface area contributed by atoms with Crippen LogP contribution in [0, 0.1) is 6.92 Å². The minimum atomic E-state index is 0.441. The number of hydrogen-bond acceptors (Lipinski definition) is 2. The van der Waals surface area contributed by atoms with Crippen molar-refractivity contribution < 1.29 is 0 Å². The fraction of sp³-hybridized carbons (Fsp3) is 0.417. The average molecular weight is 188 g/mol. The number of aryl methyl sites for hydroxylation is 1. The number of hydrazone groups is 1. The molecule has 74 valence electrons. The van der Waals surface area contributed by atoms with E-state index in [-0.39, 0.29) is 0 Å². The third-order valence-electron chi connectivity index (χ3n) is 2.82. The molecule has 1 aliphatic rings. The number of benzene rings is 1. The van der Waals surface area contributed by atoms with Crippen LogP contribution >= 0.6 is 0 Å². The van der Waals surface area contributed by atoms with Gasteiger partial charge in [0.05, 0.1) is 6.04 Å². The molecule has 14 heavy (non-hydrogen) atoms. The van der Waals surface area contributed by atoms with Gasteiger partial charge in [0.1, 0.15) is 0 Å². The first-order valence-corrected chi connectivity index (χ1v) is 5.01. The van der Waals surface area contributed by atoms with Crippen LogP contribution in [0.25, 0.3) is 0 Å². The van der Waals surface area contributed by atoms with Crippen molar-refractivity contribution in [1.82, 2.24) is 5.01 Å². The highest BCUT2D eigenvalue weighted by Crippen LogP contribution is 2.30. The second-order valence-electron chi connectivity index (χ2n) is 3.99. The molecule has 1 aromatic carbocycles. The van der Waals surface area contributed by atoms with Crippen molar-refractivity contribution in [3.8, 4) is 0 Å². The molecule has 0 aliphatic carbocycles. The van der Waals surface area contributed by atoms with Crippen LogP contribution in [0.15, 0.2) is 29.4 Å². The summed E-state index contributed by atoms with van der Waals surface area (Å²) in [6.07, 6.45) is 1.06. The summed E-state index contributed by atoms with van der Waals surface area (Å²) in [4.78, 5) is 0. The zero-order valence-electron chi connectivity index (χ0n) is 8.99. The summed E-state index contributed by atoms with van der Waals surface area (Å²) >= 11 is 0. The molecule has 0 N–H and O–H groups in total. The van der Waals surface area contributed by atoms with E-state index < -0.39 is 0 Å². The maximum atomic E-state index is 4.44. The molecule has 2 rings (SSSR count). The fourth-order valence-corrected chi connectivity index (χ4v) is 2.06. The summed E-state index contributed by atoms with van der Waals surface area (Å²) in [5.41, 5.74) is 3.98. The Hall–Kier alpha value is -1.31. The van der Waals surface area contributed by atoms with Crippen LogP contribution in [0.5, 0.6) is 0 Å². The van der Waals surface area contributed by atoms with Crippen LogP contribution in [-0.4, -0.2) is 17.8 Å². The molecule has 1 atom stereocenters. The van der Waals surface area contributed by atoms with Gasteiger partial charge in [-0.1, -0.05) is 24.3 Å². The smallest absolute Gasteiger partial charge is 0.0771 e. The van der Waals surface area contributed by atoms with E-state index >= 15 is 0 Å². The summed E-state index contributed by atoms with van der Waals surface area (Å²) in [5.74, 6) is 0. The molecule has 1 heterocycles. The third-order valence-corrected chi connectivity index (χ3v) is 2.82. The van der Waals surface area contributed by atoms with Crippen molar-refractivity contribution >= 4 is 5.71 Å². The van der Waals surface area contributed by atoms with Crippen molar-refractivity contribution in [2.75, 3.05) is 7.05 Å². The highest BCUT2D eigenvalue weighted by molar-refractivity contribution is 5.83. The lowest BCUT2D eigenvalue weighted by Crippen LogP contribution is -2.14. The van der Waals surface area contributed by atoms with E-state index in [1.165, 1.54) is 16.8 Å². The highest BCUT2D eigenvalue weighted by Gasteiger charge is 2.23. The Balaban J connectivity index is 2.30. The average Bonchev–Trinajstić information content (AvgIpc) is 2.46. The van der Waals surface area contributed by atoms with Gasteiger partial charge in [0, 0.05) is 19.2 Å². The Labute approximate surface area is 85.2 Å².